The zero-order valence-electron chi connectivity index (χ0n) is 8.18. The van der Waals surface area contributed by atoms with Crippen LogP contribution in [-0.2, 0) is 0 Å². The van der Waals surface area contributed by atoms with Crippen molar-refractivity contribution in [3.63, 3.8) is 0 Å². The first-order chi connectivity index (χ1) is 7.11. The maximum absolute atomic E-state index is 10.8. The molecule has 1 rings (SSSR count). The molecule has 0 unspecified atom stereocenters. The van der Waals surface area contributed by atoms with Crippen molar-refractivity contribution < 1.29 is 9.66 Å². The molecule has 5 nitrogen and oxygen atoms in total. The summed E-state index contributed by atoms with van der Waals surface area (Å²) in [4.78, 5) is 14.0. The fourth-order valence-electron chi connectivity index (χ4n) is 1.22. The number of nitro benzene ring substituents is 1. The van der Waals surface area contributed by atoms with E-state index in [9.17, 15) is 10.1 Å². The van der Waals surface area contributed by atoms with Crippen molar-refractivity contribution in [2.45, 2.75) is 6.92 Å². The van der Waals surface area contributed by atoms with Crippen molar-refractivity contribution in [3.05, 3.63) is 27.8 Å². The van der Waals surface area contributed by atoms with Gasteiger partial charge in [0.1, 0.15) is 5.69 Å². The minimum Gasteiger partial charge on any atom is -0.489 e. The number of benzene rings is 1. The summed E-state index contributed by atoms with van der Waals surface area (Å²) in [6.45, 7) is 1.63. The van der Waals surface area contributed by atoms with E-state index in [4.69, 9.17) is 4.74 Å². The predicted octanol–water partition coefficient (Wildman–Crippen LogP) is 2.65. The highest BCUT2D eigenvalue weighted by atomic mass is 32.1. The summed E-state index contributed by atoms with van der Waals surface area (Å²) in [5.41, 5.74) is 0.731. The average Bonchev–Trinajstić information content (AvgIpc) is 2.19. The number of aliphatic imine (C=N–C) groups is 1. The number of methoxy groups -OCH3 is 1. The molecule has 0 saturated carbocycles. The fraction of sp³-hybridized carbons (Fsp3) is 0.222. The summed E-state index contributed by atoms with van der Waals surface area (Å²) in [5.74, 6) is 0.109. The van der Waals surface area contributed by atoms with Gasteiger partial charge in [-0.15, -0.1) is 0 Å². The van der Waals surface area contributed by atoms with Gasteiger partial charge in [0.05, 0.1) is 17.2 Å². The number of nitrogens with zero attached hydrogens (tertiary/aromatic N) is 2. The first-order valence-electron chi connectivity index (χ1n) is 4.01. The molecule has 0 spiro atoms. The third kappa shape index (κ3) is 2.18. The number of rotatable bonds is 3. The number of nitro groups is 1. The molecule has 6 heteroatoms. The molecule has 0 atom stereocenters. The monoisotopic (exact) mass is 224 g/mol. The van der Waals surface area contributed by atoms with Gasteiger partial charge in [-0.2, -0.15) is 4.99 Å². The SMILES string of the molecule is COc1c(N=C=S)ccc(C)c1[N+](=O)[O-]. The Bertz CT molecular complexity index is 453. The highest BCUT2D eigenvalue weighted by Crippen LogP contribution is 2.38. The van der Waals surface area contributed by atoms with Gasteiger partial charge in [-0.1, -0.05) is 6.07 Å². The van der Waals surface area contributed by atoms with Crippen LogP contribution in [0.5, 0.6) is 5.75 Å². The zero-order chi connectivity index (χ0) is 11.4. The highest BCUT2D eigenvalue weighted by Gasteiger charge is 2.21. The smallest absolute Gasteiger partial charge is 0.316 e. The van der Waals surface area contributed by atoms with Gasteiger partial charge in [-0.05, 0) is 25.2 Å². The van der Waals surface area contributed by atoms with E-state index in [1.54, 1.807) is 19.1 Å². The van der Waals surface area contributed by atoms with Crippen molar-refractivity contribution in [2.24, 2.45) is 4.99 Å². The van der Waals surface area contributed by atoms with Crippen LogP contribution in [-0.4, -0.2) is 17.2 Å². The van der Waals surface area contributed by atoms with Gasteiger partial charge in [0.2, 0.25) is 5.75 Å². The Balaban J connectivity index is 3.53. The van der Waals surface area contributed by atoms with Crippen LogP contribution in [0.15, 0.2) is 17.1 Å². The minimum absolute atomic E-state index is 0.0935. The Labute approximate surface area is 91.5 Å². The summed E-state index contributed by atoms with van der Waals surface area (Å²) >= 11 is 4.44. The molecule has 78 valence electrons. The van der Waals surface area contributed by atoms with Gasteiger partial charge < -0.3 is 4.74 Å². The summed E-state index contributed by atoms with van der Waals surface area (Å²) in [7, 11) is 1.35. The molecule has 0 aromatic heterocycles. The van der Waals surface area contributed by atoms with Crippen molar-refractivity contribution >= 4 is 28.8 Å². The molecular weight excluding hydrogens is 216 g/mol. The molecule has 0 radical (unpaired) electrons. The van der Waals surface area contributed by atoms with E-state index >= 15 is 0 Å². The summed E-state index contributed by atoms with van der Waals surface area (Å²) in [6, 6.07) is 3.19. The van der Waals surface area contributed by atoms with Crippen LogP contribution in [0.25, 0.3) is 0 Å². The second-order valence-corrected chi connectivity index (χ2v) is 2.93. The van der Waals surface area contributed by atoms with Gasteiger partial charge in [0.15, 0.2) is 0 Å². The molecule has 0 aliphatic carbocycles. The molecule has 0 N–H and O–H groups in total. The van der Waals surface area contributed by atoms with Crippen LogP contribution in [0.3, 0.4) is 0 Å². The Hall–Kier alpha value is -1.78. The molecule has 0 bridgehead atoms. The largest absolute Gasteiger partial charge is 0.489 e. The molecule has 0 fully saturated rings. The number of thiocarbonyl (C=S) groups is 1. The van der Waals surface area contributed by atoms with E-state index in [1.807, 2.05) is 0 Å². The van der Waals surface area contributed by atoms with E-state index < -0.39 is 4.92 Å². The Kier molecular flexibility index (Phi) is 3.49. The van der Waals surface area contributed by atoms with Crippen LogP contribution < -0.4 is 4.74 Å². The maximum atomic E-state index is 10.8. The molecule has 0 saturated heterocycles. The molecule has 0 aliphatic heterocycles. The Morgan fingerprint density at radius 2 is 2.27 bits per heavy atom. The van der Waals surface area contributed by atoms with Gasteiger partial charge >= 0.3 is 5.69 Å². The molecule has 0 amide bonds. The van der Waals surface area contributed by atoms with Gasteiger partial charge in [0, 0.05) is 5.56 Å². The van der Waals surface area contributed by atoms with Crippen molar-refractivity contribution in [2.75, 3.05) is 7.11 Å². The van der Waals surface area contributed by atoms with Gasteiger partial charge in [0.25, 0.3) is 0 Å². The van der Waals surface area contributed by atoms with Crippen molar-refractivity contribution in [3.8, 4) is 5.75 Å². The lowest BCUT2D eigenvalue weighted by Gasteiger charge is -2.05. The number of hydrogen-bond donors (Lipinski definition) is 0. The van der Waals surface area contributed by atoms with E-state index in [-0.39, 0.29) is 11.4 Å². The summed E-state index contributed by atoms with van der Waals surface area (Å²) in [5, 5.41) is 12.9. The number of isothiocyanates is 1. The van der Waals surface area contributed by atoms with E-state index in [1.165, 1.54) is 7.11 Å². The molecule has 0 aliphatic rings. The van der Waals surface area contributed by atoms with Crippen molar-refractivity contribution in [1.82, 2.24) is 0 Å². The zero-order valence-corrected chi connectivity index (χ0v) is 9.00. The third-order valence-corrected chi connectivity index (χ3v) is 1.96. The maximum Gasteiger partial charge on any atom is 0.316 e. The van der Waals surface area contributed by atoms with Crippen molar-refractivity contribution in [1.29, 1.82) is 0 Å². The standard InChI is InChI=1S/C9H8N2O3S/c1-6-3-4-7(10-5-15)9(14-2)8(6)11(12)13/h3-4H,1-2H3. The van der Waals surface area contributed by atoms with Crippen LogP contribution in [0.1, 0.15) is 5.56 Å². The minimum atomic E-state index is -0.503. The van der Waals surface area contributed by atoms with E-state index in [0.717, 1.165) is 0 Å². The number of aryl methyl sites for hydroxylation is 1. The summed E-state index contributed by atoms with van der Waals surface area (Å²) < 4.78 is 4.95. The lowest BCUT2D eigenvalue weighted by Crippen LogP contribution is -1.96. The average molecular weight is 224 g/mol. The van der Waals surface area contributed by atoms with Crippen LogP contribution in [0.2, 0.25) is 0 Å². The van der Waals surface area contributed by atoms with Crippen LogP contribution in [0, 0.1) is 17.0 Å². The second kappa shape index (κ2) is 4.63. The molecule has 1 aromatic carbocycles. The predicted molar refractivity (Wildman–Crippen MR) is 59.1 cm³/mol. The molecular formula is C9H8N2O3S. The molecule has 1 aromatic rings. The van der Waals surface area contributed by atoms with Gasteiger partial charge in [-0.3, -0.25) is 10.1 Å². The lowest BCUT2D eigenvalue weighted by molar-refractivity contribution is -0.386. The molecule has 15 heavy (non-hydrogen) atoms. The first-order valence-corrected chi connectivity index (χ1v) is 4.42. The van der Waals surface area contributed by atoms with E-state index in [2.05, 4.69) is 22.4 Å². The second-order valence-electron chi connectivity index (χ2n) is 2.74. The first kappa shape index (κ1) is 11.3. The topological polar surface area (TPSA) is 64.7 Å². The Morgan fingerprint density at radius 3 is 2.73 bits per heavy atom. The quantitative estimate of drug-likeness (QED) is 0.342. The lowest BCUT2D eigenvalue weighted by atomic mass is 10.1. The normalized spacial score (nSPS) is 9.20. The van der Waals surface area contributed by atoms with Gasteiger partial charge in [-0.25, -0.2) is 0 Å². The van der Waals surface area contributed by atoms with E-state index in [0.29, 0.717) is 11.3 Å². The summed E-state index contributed by atoms with van der Waals surface area (Å²) in [6.07, 6.45) is 0. The molecule has 0 heterocycles. The fourth-order valence-corrected chi connectivity index (χ4v) is 1.32. The van der Waals surface area contributed by atoms with Crippen LogP contribution in [0.4, 0.5) is 11.4 Å². The highest BCUT2D eigenvalue weighted by molar-refractivity contribution is 7.78. The Morgan fingerprint density at radius 1 is 1.60 bits per heavy atom. The third-order valence-electron chi connectivity index (χ3n) is 1.87. The number of ether oxygens (including phenoxy) is 1. The van der Waals surface area contributed by atoms with Crippen LogP contribution >= 0.6 is 12.2 Å². The number of hydrogen-bond acceptors (Lipinski definition) is 5.